The van der Waals surface area contributed by atoms with Crippen LogP contribution in [0.1, 0.15) is 15.9 Å². The zero-order chi connectivity index (χ0) is 21.8. The van der Waals surface area contributed by atoms with Gasteiger partial charge in [0.1, 0.15) is 18.1 Å². The Morgan fingerprint density at radius 2 is 1.94 bits per heavy atom. The number of amides is 2. The molecule has 4 rings (SSSR count). The minimum atomic E-state index is -0.225. The molecule has 7 heteroatoms. The average Bonchev–Trinajstić information content (AvgIpc) is 2.76. The fourth-order valence-electron chi connectivity index (χ4n) is 3.25. The summed E-state index contributed by atoms with van der Waals surface area (Å²) < 4.78 is 12.2. The zero-order valence-electron chi connectivity index (χ0n) is 16.9. The predicted octanol–water partition coefficient (Wildman–Crippen LogP) is 4.81. The number of aryl methyl sites for hydroxylation is 1. The van der Waals surface area contributed by atoms with Crippen LogP contribution in [0.3, 0.4) is 0 Å². The minimum absolute atomic E-state index is 0.0550. The molecule has 0 fully saturated rings. The molecule has 0 saturated carbocycles. The molecule has 0 atom stereocenters. The largest absolute Gasteiger partial charge is 0.492 e. The number of fused-ring (bicyclic) bond motifs is 1. The van der Waals surface area contributed by atoms with Crippen LogP contribution in [-0.4, -0.2) is 31.6 Å². The van der Waals surface area contributed by atoms with Gasteiger partial charge >= 0.3 is 0 Å². The van der Waals surface area contributed by atoms with Gasteiger partial charge in [-0.2, -0.15) is 0 Å². The third-order valence-electron chi connectivity index (χ3n) is 4.85. The number of nitrogens with one attached hydrogen (secondary N) is 1. The smallest absolute Gasteiger partial charge is 0.265 e. The molecule has 0 bridgehead atoms. The van der Waals surface area contributed by atoms with Gasteiger partial charge < -0.3 is 19.7 Å². The lowest BCUT2D eigenvalue weighted by Crippen LogP contribution is -2.41. The molecule has 0 aromatic heterocycles. The van der Waals surface area contributed by atoms with Crippen LogP contribution in [0.15, 0.2) is 71.2 Å². The summed E-state index contributed by atoms with van der Waals surface area (Å²) in [4.78, 5) is 26.5. The normalized spacial score (nSPS) is 12.7. The quantitative estimate of drug-likeness (QED) is 0.549. The molecule has 3 aromatic rings. The summed E-state index contributed by atoms with van der Waals surface area (Å²) in [6.45, 7) is 2.71. The Hall–Kier alpha value is -3.32. The standard InChI is InChI=1S/C24H21BrN2O4/c1-16-5-8-20(9-6-16)30-12-11-27-21-10-7-19(14-22(21)31-15-23(27)28)26-24(29)17-3-2-4-18(25)13-17/h2-10,13-14H,11-12,15H2,1H3,(H,26,29). The molecule has 1 heterocycles. The van der Waals surface area contributed by atoms with Crippen molar-refractivity contribution in [1.29, 1.82) is 0 Å². The maximum Gasteiger partial charge on any atom is 0.265 e. The van der Waals surface area contributed by atoms with Crippen molar-refractivity contribution in [2.24, 2.45) is 0 Å². The highest BCUT2D eigenvalue weighted by Gasteiger charge is 2.26. The molecule has 0 spiro atoms. The van der Waals surface area contributed by atoms with Gasteiger partial charge in [-0.15, -0.1) is 0 Å². The van der Waals surface area contributed by atoms with Crippen LogP contribution in [-0.2, 0) is 4.79 Å². The zero-order valence-corrected chi connectivity index (χ0v) is 18.5. The van der Waals surface area contributed by atoms with Crippen molar-refractivity contribution < 1.29 is 19.1 Å². The van der Waals surface area contributed by atoms with Crippen molar-refractivity contribution >= 4 is 39.1 Å². The van der Waals surface area contributed by atoms with E-state index in [0.717, 1.165) is 15.8 Å². The first-order valence-corrected chi connectivity index (χ1v) is 10.6. The molecular weight excluding hydrogens is 460 g/mol. The van der Waals surface area contributed by atoms with Crippen LogP contribution in [0.2, 0.25) is 0 Å². The molecule has 6 nitrogen and oxygen atoms in total. The van der Waals surface area contributed by atoms with Crippen LogP contribution < -0.4 is 19.7 Å². The van der Waals surface area contributed by atoms with E-state index in [9.17, 15) is 9.59 Å². The number of carbonyl (C=O) groups excluding carboxylic acids is 2. The molecule has 0 saturated heterocycles. The number of hydrogen-bond donors (Lipinski definition) is 1. The summed E-state index contributed by atoms with van der Waals surface area (Å²) >= 11 is 3.37. The van der Waals surface area contributed by atoms with Crippen LogP contribution in [0.4, 0.5) is 11.4 Å². The number of hydrogen-bond acceptors (Lipinski definition) is 4. The van der Waals surface area contributed by atoms with Gasteiger partial charge in [-0.3, -0.25) is 9.59 Å². The highest BCUT2D eigenvalue weighted by atomic mass is 79.9. The number of rotatable bonds is 6. The van der Waals surface area contributed by atoms with Gasteiger partial charge in [0, 0.05) is 21.8 Å². The number of nitrogens with zero attached hydrogens (tertiary/aromatic N) is 1. The van der Waals surface area contributed by atoms with Crippen molar-refractivity contribution in [1.82, 2.24) is 0 Å². The predicted molar refractivity (Wildman–Crippen MR) is 123 cm³/mol. The van der Waals surface area contributed by atoms with E-state index in [1.807, 2.05) is 37.3 Å². The molecule has 31 heavy (non-hydrogen) atoms. The van der Waals surface area contributed by atoms with Crippen LogP contribution in [0.25, 0.3) is 0 Å². The van der Waals surface area contributed by atoms with Gasteiger partial charge in [-0.1, -0.05) is 39.7 Å². The lowest BCUT2D eigenvalue weighted by molar-refractivity contribution is -0.121. The second kappa shape index (κ2) is 9.22. The van der Waals surface area contributed by atoms with E-state index in [4.69, 9.17) is 9.47 Å². The summed E-state index contributed by atoms with van der Waals surface area (Å²) in [7, 11) is 0. The summed E-state index contributed by atoms with van der Waals surface area (Å²) in [5.74, 6) is 0.946. The molecule has 158 valence electrons. The third kappa shape index (κ3) is 5.06. The highest BCUT2D eigenvalue weighted by molar-refractivity contribution is 9.10. The molecule has 1 N–H and O–H groups in total. The molecule has 0 radical (unpaired) electrons. The van der Waals surface area contributed by atoms with Gasteiger partial charge in [-0.25, -0.2) is 0 Å². The Morgan fingerprint density at radius 3 is 2.71 bits per heavy atom. The van der Waals surface area contributed by atoms with Gasteiger partial charge in [0.15, 0.2) is 6.61 Å². The highest BCUT2D eigenvalue weighted by Crippen LogP contribution is 2.34. The van der Waals surface area contributed by atoms with Crippen molar-refractivity contribution in [3.8, 4) is 11.5 Å². The number of halogens is 1. The van der Waals surface area contributed by atoms with Crippen LogP contribution in [0.5, 0.6) is 11.5 Å². The van der Waals surface area contributed by atoms with E-state index in [0.29, 0.717) is 35.8 Å². The maximum absolute atomic E-state index is 12.5. The maximum atomic E-state index is 12.5. The minimum Gasteiger partial charge on any atom is -0.492 e. The molecule has 0 unspecified atom stereocenters. The third-order valence-corrected chi connectivity index (χ3v) is 5.35. The molecule has 1 aliphatic rings. The number of carbonyl (C=O) groups is 2. The molecule has 3 aromatic carbocycles. The summed E-state index contributed by atoms with van der Waals surface area (Å²) in [6, 6.07) is 20.2. The summed E-state index contributed by atoms with van der Waals surface area (Å²) in [6.07, 6.45) is 0. The second-order valence-electron chi connectivity index (χ2n) is 7.14. The van der Waals surface area contributed by atoms with E-state index in [2.05, 4.69) is 21.2 Å². The molecule has 0 aliphatic carbocycles. The number of benzene rings is 3. The Kier molecular flexibility index (Phi) is 6.23. The SMILES string of the molecule is Cc1ccc(OCCN2C(=O)COc3cc(NC(=O)c4cccc(Br)c4)ccc32)cc1. The van der Waals surface area contributed by atoms with E-state index in [1.54, 1.807) is 41.3 Å². The van der Waals surface area contributed by atoms with Crippen molar-refractivity contribution in [2.45, 2.75) is 6.92 Å². The van der Waals surface area contributed by atoms with Gasteiger partial charge in [0.05, 0.1) is 12.2 Å². The Bertz CT molecular complexity index is 1110. The van der Waals surface area contributed by atoms with Gasteiger partial charge in [-0.05, 0) is 49.4 Å². The van der Waals surface area contributed by atoms with Crippen molar-refractivity contribution in [2.75, 3.05) is 30.0 Å². The van der Waals surface area contributed by atoms with Crippen LogP contribution in [0, 0.1) is 6.92 Å². The molecular formula is C24H21BrN2O4. The molecule has 2 amide bonds. The summed E-state index contributed by atoms with van der Waals surface area (Å²) in [5, 5.41) is 2.86. The first-order chi connectivity index (χ1) is 15.0. The lowest BCUT2D eigenvalue weighted by Gasteiger charge is -2.29. The first-order valence-electron chi connectivity index (χ1n) is 9.83. The van der Waals surface area contributed by atoms with E-state index < -0.39 is 0 Å². The monoisotopic (exact) mass is 480 g/mol. The summed E-state index contributed by atoms with van der Waals surface area (Å²) in [5.41, 5.74) is 2.95. The van der Waals surface area contributed by atoms with Crippen molar-refractivity contribution in [3.63, 3.8) is 0 Å². The number of ether oxygens (including phenoxy) is 2. The fraction of sp³-hybridized carbons (Fsp3) is 0.167. The van der Waals surface area contributed by atoms with E-state index >= 15 is 0 Å². The number of anilines is 2. The van der Waals surface area contributed by atoms with E-state index in [1.165, 1.54) is 0 Å². The van der Waals surface area contributed by atoms with E-state index in [-0.39, 0.29) is 18.4 Å². The van der Waals surface area contributed by atoms with Crippen molar-refractivity contribution in [3.05, 3.63) is 82.3 Å². The fourth-order valence-corrected chi connectivity index (χ4v) is 3.65. The molecule has 1 aliphatic heterocycles. The second-order valence-corrected chi connectivity index (χ2v) is 8.06. The first kappa shape index (κ1) is 20.9. The Balaban J connectivity index is 1.43. The topological polar surface area (TPSA) is 67.9 Å². The van der Waals surface area contributed by atoms with Gasteiger partial charge in [0.25, 0.3) is 11.8 Å². The van der Waals surface area contributed by atoms with Gasteiger partial charge in [0.2, 0.25) is 0 Å². The Labute approximate surface area is 188 Å². The van der Waals surface area contributed by atoms with Crippen LogP contribution >= 0.6 is 15.9 Å². The lowest BCUT2D eigenvalue weighted by atomic mass is 10.2. The Morgan fingerprint density at radius 1 is 1.13 bits per heavy atom. The average molecular weight is 481 g/mol.